The van der Waals surface area contributed by atoms with Crippen LogP contribution in [0.25, 0.3) is 0 Å². The summed E-state index contributed by atoms with van der Waals surface area (Å²) in [6.45, 7) is 2.55. The van der Waals surface area contributed by atoms with E-state index in [9.17, 15) is 4.79 Å². The molecule has 5 heteroatoms. The molecule has 0 fully saturated rings. The van der Waals surface area contributed by atoms with Gasteiger partial charge in [0.05, 0.1) is 19.8 Å². The van der Waals surface area contributed by atoms with Gasteiger partial charge in [-0.25, -0.2) is 0 Å². The Kier molecular flexibility index (Phi) is 5.65. The fraction of sp³-hybridized carbons (Fsp3) is 0.235. The van der Waals surface area contributed by atoms with Gasteiger partial charge in [0.15, 0.2) is 11.5 Å². The molecule has 0 atom stereocenters. The SMILES string of the molecule is CCN(C(=O)c1cc(OC)c(OC)cc1I)c1ccccc1. The van der Waals surface area contributed by atoms with E-state index in [0.29, 0.717) is 23.6 Å². The molecule has 0 aliphatic rings. The van der Waals surface area contributed by atoms with E-state index < -0.39 is 0 Å². The molecule has 4 nitrogen and oxygen atoms in total. The van der Waals surface area contributed by atoms with Gasteiger partial charge in [0.25, 0.3) is 5.91 Å². The molecule has 0 radical (unpaired) electrons. The molecule has 0 aromatic heterocycles. The minimum atomic E-state index is -0.0564. The van der Waals surface area contributed by atoms with E-state index in [1.54, 1.807) is 25.2 Å². The smallest absolute Gasteiger partial charge is 0.259 e. The van der Waals surface area contributed by atoms with E-state index >= 15 is 0 Å². The normalized spacial score (nSPS) is 10.2. The van der Waals surface area contributed by atoms with Crippen molar-refractivity contribution in [2.45, 2.75) is 6.92 Å². The second kappa shape index (κ2) is 7.49. The third kappa shape index (κ3) is 3.35. The Morgan fingerprint density at radius 2 is 1.68 bits per heavy atom. The standard InChI is InChI=1S/C17H18INO3/c1-4-19(12-8-6-5-7-9-12)17(20)13-10-15(21-2)16(22-3)11-14(13)18/h5-11H,4H2,1-3H3. The van der Waals surface area contributed by atoms with E-state index in [-0.39, 0.29) is 5.91 Å². The number of rotatable bonds is 5. The number of amides is 1. The van der Waals surface area contributed by atoms with Crippen LogP contribution in [0, 0.1) is 3.57 Å². The number of hydrogen-bond acceptors (Lipinski definition) is 3. The third-order valence-corrected chi connectivity index (χ3v) is 4.23. The number of hydrogen-bond donors (Lipinski definition) is 0. The molecule has 0 spiro atoms. The Balaban J connectivity index is 2.44. The summed E-state index contributed by atoms with van der Waals surface area (Å²) in [6, 6.07) is 13.2. The maximum absolute atomic E-state index is 12.9. The van der Waals surface area contributed by atoms with Gasteiger partial charge in [0.2, 0.25) is 0 Å². The van der Waals surface area contributed by atoms with Crippen molar-refractivity contribution in [2.24, 2.45) is 0 Å². The predicted octanol–water partition coefficient (Wildman–Crippen LogP) is 3.98. The highest BCUT2D eigenvalue weighted by Crippen LogP contribution is 2.32. The molecular formula is C17H18INO3. The maximum atomic E-state index is 12.9. The summed E-state index contributed by atoms with van der Waals surface area (Å²) < 4.78 is 11.4. The van der Waals surface area contributed by atoms with E-state index in [1.165, 1.54) is 0 Å². The van der Waals surface area contributed by atoms with Crippen molar-refractivity contribution in [1.82, 2.24) is 0 Å². The molecule has 0 bridgehead atoms. The molecule has 1 amide bonds. The lowest BCUT2D eigenvalue weighted by Gasteiger charge is -2.22. The topological polar surface area (TPSA) is 38.8 Å². The van der Waals surface area contributed by atoms with Gasteiger partial charge in [-0.3, -0.25) is 4.79 Å². The van der Waals surface area contributed by atoms with Crippen molar-refractivity contribution in [2.75, 3.05) is 25.7 Å². The molecule has 0 aliphatic carbocycles. The molecule has 0 N–H and O–H groups in total. The van der Waals surface area contributed by atoms with Crippen LogP contribution in [0.4, 0.5) is 5.69 Å². The van der Waals surface area contributed by atoms with Crippen molar-refractivity contribution < 1.29 is 14.3 Å². The molecule has 0 aliphatic heterocycles. The maximum Gasteiger partial charge on any atom is 0.259 e. The molecule has 2 rings (SSSR count). The van der Waals surface area contributed by atoms with Crippen LogP contribution in [0.15, 0.2) is 42.5 Å². The lowest BCUT2D eigenvalue weighted by atomic mass is 10.1. The molecule has 0 saturated carbocycles. The van der Waals surface area contributed by atoms with E-state index in [2.05, 4.69) is 22.6 Å². The second-order valence-corrected chi connectivity index (χ2v) is 5.73. The number of nitrogens with zero attached hydrogens (tertiary/aromatic N) is 1. The summed E-state index contributed by atoms with van der Waals surface area (Å²) in [6.07, 6.45) is 0. The van der Waals surface area contributed by atoms with Gasteiger partial charge < -0.3 is 14.4 Å². The first-order chi connectivity index (χ1) is 10.6. The number of benzene rings is 2. The summed E-state index contributed by atoms with van der Waals surface area (Å²) in [5, 5.41) is 0. The Morgan fingerprint density at radius 1 is 1.09 bits per heavy atom. The number of anilines is 1. The zero-order valence-electron chi connectivity index (χ0n) is 12.8. The zero-order chi connectivity index (χ0) is 16.1. The number of carbonyl (C=O) groups excluding carboxylic acids is 1. The van der Waals surface area contributed by atoms with Crippen molar-refractivity contribution in [3.63, 3.8) is 0 Å². The lowest BCUT2D eigenvalue weighted by Crippen LogP contribution is -2.31. The van der Waals surface area contributed by atoms with E-state index in [4.69, 9.17) is 9.47 Å². The number of para-hydroxylation sites is 1. The molecule has 116 valence electrons. The van der Waals surface area contributed by atoms with Crippen molar-refractivity contribution in [3.05, 3.63) is 51.6 Å². The van der Waals surface area contributed by atoms with Crippen LogP contribution in [0.3, 0.4) is 0 Å². The average molecular weight is 411 g/mol. The number of methoxy groups -OCH3 is 2. The fourth-order valence-electron chi connectivity index (χ4n) is 2.21. The van der Waals surface area contributed by atoms with Gasteiger partial charge in [-0.2, -0.15) is 0 Å². The number of ether oxygens (including phenoxy) is 2. The Hall–Kier alpha value is -1.76. The first kappa shape index (κ1) is 16.6. The minimum Gasteiger partial charge on any atom is -0.493 e. The quantitative estimate of drug-likeness (QED) is 0.699. The Morgan fingerprint density at radius 3 is 2.23 bits per heavy atom. The van der Waals surface area contributed by atoms with Crippen LogP contribution in [-0.2, 0) is 0 Å². The molecule has 0 unspecified atom stereocenters. The van der Waals surface area contributed by atoms with E-state index in [0.717, 1.165) is 9.26 Å². The lowest BCUT2D eigenvalue weighted by molar-refractivity contribution is 0.0987. The average Bonchev–Trinajstić information content (AvgIpc) is 2.56. The van der Waals surface area contributed by atoms with Crippen LogP contribution in [0.5, 0.6) is 11.5 Å². The Bertz CT molecular complexity index is 658. The number of halogens is 1. The van der Waals surface area contributed by atoms with Crippen LogP contribution in [0.2, 0.25) is 0 Å². The second-order valence-electron chi connectivity index (χ2n) is 4.57. The first-order valence-electron chi connectivity index (χ1n) is 6.90. The van der Waals surface area contributed by atoms with Gasteiger partial charge in [-0.05, 0) is 53.8 Å². The van der Waals surface area contributed by atoms with Crippen molar-refractivity contribution in [1.29, 1.82) is 0 Å². The van der Waals surface area contributed by atoms with Gasteiger partial charge in [-0.15, -0.1) is 0 Å². The van der Waals surface area contributed by atoms with Gasteiger partial charge in [-0.1, -0.05) is 18.2 Å². The van der Waals surface area contributed by atoms with Gasteiger partial charge >= 0.3 is 0 Å². The summed E-state index contributed by atoms with van der Waals surface area (Å²) >= 11 is 2.14. The molecular weight excluding hydrogens is 393 g/mol. The van der Waals surface area contributed by atoms with Gasteiger partial charge in [0, 0.05) is 15.8 Å². The molecule has 22 heavy (non-hydrogen) atoms. The van der Waals surface area contributed by atoms with E-state index in [1.807, 2.05) is 43.3 Å². The third-order valence-electron chi connectivity index (χ3n) is 3.33. The molecule has 2 aromatic rings. The molecule has 0 saturated heterocycles. The van der Waals surface area contributed by atoms with Crippen molar-refractivity contribution >= 4 is 34.2 Å². The fourth-order valence-corrected chi connectivity index (χ4v) is 2.88. The summed E-state index contributed by atoms with van der Waals surface area (Å²) in [7, 11) is 3.14. The Labute approximate surface area is 144 Å². The van der Waals surface area contributed by atoms with Crippen LogP contribution in [-0.4, -0.2) is 26.7 Å². The highest BCUT2D eigenvalue weighted by molar-refractivity contribution is 14.1. The zero-order valence-corrected chi connectivity index (χ0v) is 15.0. The summed E-state index contributed by atoms with van der Waals surface area (Å²) in [4.78, 5) is 14.6. The predicted molar refractivity (Wildman–Crippen MR) is 96.1 cm³/mol. The van der Waals surface area contributed by atoms with Gasteiger partial charge in [0.1, 0.15) is 0 Å². The highest BCUT2D eigenvalue weighted by Gasteiger charge is 2.21. The van der Waals surface area contributed by atoms with Crippen LogP contribution >= 0.6 is 22.6 Å². The van der Waals surface area contributed by atoms with Crippen molar-refractivity contribution in [3.8, 4) is 11.5 Å². The van der Waals surface area contributed by atoms with Crippen LogP contribution in [0.1, 0.15) is 17.3 Å². The summed E-state index contributed by atoms with van der Waals surface area (Å²) in [5.41, 5.74) is 1.48. The molecule has 2 aromatic carbocycles. The number of carbonyl (C=O) groups is 1. The monoisotopic (exact) mass is 411 g/mol. The van der Waals surface area contributed by atoms with Crippen LogP contribution < -0.4 is 14.4 Å². The minimum absolute atomic E-state index is 0.0564. The summed E-state index contributed by atoms with van der Waals surface area (Å²) in [5.74, 6) is 1.11. The highest BCUT2D eigenvalue weighted by atomic mass is 127. The molecule has 0 heterocycles. The first-order valence-corrected chi connectivity index (χ1v) is 7.98. The largest absolute Gasteiger partial charge is 0.493 e.